The third kappa shape index (κ3) is 2.19. The molecule has 3 heterocycles. The maximum absolute atomic E-state index is 12.7. The quantitative estimate of drug-likeness (QED) is 0.716. The van der Waals surface area contributed by atoms with Crippen LogP contribution in [0.1, 0.15) is 30.4 Å². The number of hydrogen-bond donors (Lipinski definition) is 3. The second-order valence-corrected chi connectivity index (χ2v) is 6.43. The van der Waals surface area contributed by atoms with Gasteiger partial charge in [-0.15, -0.1) is 0 Å². The minimum Gasteiger partial charge on any atom is -0.372 e. The lowest BCUT2D eigenvalue weighted by Crippen LogP contribution is -2.47. The molecule has 2 fully saturated rings. The molecule has 0 radical (unpaired) electrons. The smallest absolute Gasteiger partial charge is 0.329 e. The van der Waals surface area contributed by atoms with Crippen LogP contribution < -0.4 is 16.3 Å². The molecule has 23 heavy (non-hydrogen) atoms. The Kier molecular flexibility index (Phi) is 3.28. The van der Waals surface area contributed by atoms with Crippen molar-refractivity contribution in [2.45, 2.75) is 31.0 Å². The molecule has 3 N–H and O–H groups in total. The van der Waals surface area contributed by atoms with Gasteiger partial charge in [0, 0.05) is 32.5 Å². The minimum absolute atomic E-state index is 0.163. The molecule has 1 aromatic carbocycles. The summed E-state index contributed by atoms with van der Waals surface area (Å²) in [5.74, 6) is 0.319. The number of aromatic nitrogens is 2. The van der Waals surface area contributed by atoms with Gasteiger partial charge in [-0.2, -0.15) is 0 Å². The number of amides is 1. The summed E-state index contributed by atoms with van der Waals surface area (Å²) in [5, 5.41) is 15.9. The average molecular weight is 316 g/mol. The van der Waals surface area contributed by atoms with Crippen LogP contribution in [-0.2, 0) is 11.8 Å². The third-order valence-electron chi connectivity index (χ3n) is 5.04. The summed E-state index contributed by atoms with van der Waals surface area (Å²) in [6, 6.07) is 5.64. The predicted molar refractivity (Wildman–Crippen MR) is 85.2 cm³/mol. The molecule has 0 aliphatic carbocycles. The van der Waals surface area contributed by atoms with Gasteiger partial charge in [0.25, 0.3) is 0 Å². The van der Waals surface area contributed by atoms with Crippen molar-refractivity contribution in [3.63, 3.8) is 0 Å². The van der Waals surface area contributed by atoms with Gasteiger partial charge in [0.1, 0.15) is 6.23 Å². The first kappa shape index (κ1) is 14.5. The number of aryl methyl sites for hydroxylation is 1. The number of piperidine rings is 1. The van der Waals surface area contributed by atoms with Crippen molar-refractivity contribution >= 4 is 16.9 Å². The zero-order chi connectivity index (χ0) is 16.1. The fraction of sp³-hybridized carbons (Fsp3) is 0.500. The Morgan fingerprint density at radius 1 is 1.22 bits per heavy atom. The van der Waals surface area contributed by atoms with Crippen LogP contribution in [0.25, 0.3) is 11.0 Å². The SMILES string of the molecule is Cn1c(=O)n(C2CCC(=O)NC2O)c2ccc(C3CNC3)cc21. The second kappa shape index (κ2) is 5.21. The maximum Gasteiger partial charge on any atom is 0.329 e. The molecule has 2 aliphatic rings. The Balaban J connectivity index is 1.82. The Hall–Kier alpha value is -2.12. The number of carbonyl (C=O) groups excluding carboxylic acids is 1. The van der Waals surface area contributed by atoms with E-state index in [4.69, 9.17) is 0 Å². The topological polar surface area (TPSA) is 88.3 Å². The van der Waals surface area contributed by atoms with E-state index in [1.807, 2.05) is 6.07 Å². The van der Waals surface area contributed by atoms with Crippen LogP contribution in [0.15, 0.2) is 23.0 Å². The molecule has 2 saturated heterocycles. The second-order valence-electron chi connectivity index (χ2n) is 6.43. The fourth-order valence-electron chi connectivity index (χ4n) is 3.52. The van der Waals surface area contributed by atoms with Crippen molar-refractivity contribution in [3.8, 4) is 0 Å². The molecule has 7 heteroatoms. The molecule has 1 aromatic heterocycles. The Morgan fingerprint density at radius 2 is 2.00 bits per heavy atom. The summed E-state index contributed by atoms with van der Waals surface area (Å²) in [6.45, 7) is 1.93. The van der Waals surface area contributed by atoms with E-state index in [-0.39, 0.29) is 11.6 Å². The monoisotopic (exact) mass is 316 g/mol. The van der Waals surface area contributed by atoms with Crippen molar-refractivity contribution in [2.75, 3.05) is 13.1 Å². The van der Waals surface area contributed by atoms with Crippen LogP contribution in [0.3, 0.4) is 0 Å². The fourth-order valence-corrected chi connectivity index (χ4v) is 3.52. The zero-order valence-electron chi connectivity index (χ0n) is 13.0. The lowest BCUT2D eigenvalue weighted by atomic mass is 9.93. The van der Waals surface area contributed by atoms with Crippen molar-refractivity contribution in [2.24, 2.45) is 7.05 Å². The van der Waals surface area contributed by atoms with E-state index < -0.39 is 12.3 Å². The number of imidazole rings is 1. The molecule has 122 valence electrons. The van der Waals surface area contributed by atoms with Gasteiger partial charge < -0.3 is 15.7 Å². The Labute approximate surface area is 132 Å². The zero-order valence-corrected chi connectivity index (χ0v) is 13.0. The summed E-state index contributed by atoms with van der Waals surface area (Å²) in [6.07, 6.45) is -0.258. The van der Waals surface area contributed by atoms with Gasteiger partial charge >= 0.3 is 5.69 Å². The summed E-state index contributed by atoms with van der Waals surface area (Å²) in [7, 11) is 1.75. The van der Waals surface area contributed by atoms with E-state index in [2.05, 4.69) is 22.8 Å². The van der Waals surface area contributed by atoms with Crippen LogP contribution in [0.4, 0.5) is 0 Å². The Bertz CT molecular complexity index is 834. The predicted octanol–water partition coefficient (Wildman–Crippen LogP) is -0.204. The summed E-state index contributed by atoms with van der Waals surface area (Å²) in [4.78, 5) is 24.1. The summed E-state index contributed by atoms with van der Waals surface area (Å²) < 4.78 is 3.23. The van der Waals surface area contributed by atoms with Gasteiger partial charge in [-0.05, 0) is 24.1 Å². The highest BCUT2D eigenvalue weighted by Gasteiger charge is 2.31. The van der Waals surface area contributed by atoms with E-state index >= 15 is 0 Å². The first-order chi connectivity index (χ1) is 11.1. The van der Waals surface area contributed by atoms with Crippen LogP contribution >= 0.6 is 0 Å². The van der Waals surface area contributed by atoms with E-state index in [9.17, 15) is 14.7 Å². The number of hydrogen-bond acceptors (Lipinski definition) is 4. The molecular formula is C16H20N4O3. The number of nitrogens with one attached hydrogen (secondary N) is 2. The van der Waals surface area contributed by atoms with Crippen molar-refractivity contribution < 1.29 is 9.90 Å². The molecule has 2 unspecified atom stereocenters. The minimum atomic E-state index is -1.03. The molecular weight excluding hydrogens is 296 g/mol. The molecule has 7 nitrogen and oxygen atoms in total. The number of fused-ring (bicyclic) bond motifs is 1. The van der Waals surface area contributed by atoms with Gasteiger partial charge in [-0.3, -0.25) is 13.9 Å². The number of carbonyl (C=O) groups is 1. The highest BCUT2D eigenvalue weighted by atomic mass is 16.3. The third-order valence-corrected chi connectivity index (χ3v) is 5.04. The lowest BCUT2D eigenvalue weighted by Gasteiger charge is -2.29. The molecule has 0 saturated carbocycles. The number of benzene rings is 1. The highest BCUT2D eigenvalue weighted by Crippen LogP contribution is 2.28. The number of aliphatic hydroxyl groups excluding tert-OH is 1. The van der Waals surface area contributed by atoms with Gasteiger partial charge in [0.05, 0.1) is 17.1 Å². The number of aliphatic hydroxyl groups is 1. The van der Waals surface area contributed by atoms with E-state index in [1.54, 1.807) is 16.2 Å². The molecule has 2 aliphatic heterocycles. The van der Waals surface area contributed by atoms with Crippen LogP contribution in [0.5, 0.6) is 0 Å². The summed E-state index contributed by atoms with van der Waals surface area (Å²) in [5.41, 5.74) is 2.72. The highest BCUT2D eigenvalue weighted by molar-refractivity contribution is 5.79. The van der Waals surface area contributed by atoms with Gasteiger partial charge in [0.15, 0.2) is 0 Å². The van der Waals surface area contributed by atoms with Gasteiger partial charge in [0.2, 0.25) is 5.91 Å². The van der Waals surface area contributed by atoms with Crippen LogP contribution in [0.2, 0.25) is 0 Å². The molecule has 0 bridgehead atoms. The first-order valence-corrected chi connectivity index (χ1v) is 7.95. The van der Waals surface area contributed by atoms with E-state index in [1.165, 1.54) is 5.56 Å². The first-order valence-electron chi connectivity index (χ1n) is 7.95. The molecule has 0 spiro atoms. The standard InChI is InChI=1S/C16H20N4O3/c1-19-13-6-9(10-7-17-8-10)2-3-11(13)20(16(19)23)12-4-5-14(21)18-15(12)22/h2-3,6,10,12,15,17,22H,4-5,7-8H2,1H3,(H,18,21). The number of nitrogens with zero attached hydrogens (tertiary/aromatic N) is 2. The van der Waals surface area contributed by atoms with Gasteiger partial charge in [-0.25, -0.2) is 4.79 Å². The molecule has 2 aromatic rings. The van der Waals surface area contributed by atoms with Crippen LogP contribution in [-0.4, -0.2) is 39.5 Å². The largest absolute Gasteiger partial charge is 0.372 e. The average Bonchev–Trinajstić information content (AvgIpc) is 2.70. The van der Waals surface area contributed by atoms with Gasteiger partial charge in [-0.1, -0.05) is 6.07 Å². The Morgan fingerprint density at radius 3 is 2.65 bits per heavy atom. The number of rotatable bonds is 2. The molecule has 4 rings (SSSR count). The maximum atomic E-state index is 12.7. The molecule has 2 atom stereocenters. The van der Waals surface area contributed by atoms with E-state index in [0.29, 0.717) is 18.8 Å². The van der Waals surface area contributed by atoms with Crippen molar-refractivity contribution in [1.82, 2.24) is 19.8 Å². The molecule has 1 amide bonds. The van der Waals surface area contributed by atoms with Crippen molar-refractivity contribution in [1.29, 1.82) is 0 Å². The van der Waals surface area contributed by atoms with Crippen LogP contribution in [0, 0.1) is 0 Å². The van der Waals surface area contributed by atoms with E-state index in [0.717, 1.165) is 24.1 Å². The summed E-state index contributed by atoms with van der Waals surface area (Å²) >= 11 is 0. The normalized spacial score (nSPS) is 25.4. The van der Waals surface area contributed by atoms with Crippen molar-refractivity contribution in [3.05, 3.63) is 34.2 Å². The lowest BCUT2D eigenvalue weighted by molar-refractivity contribution is -0.128.